The third kappa shape index (κ3) is 5.48. The van der Waals surface area contributed by atoms with Crippen molar-refractivity contribution in [3.8, 4) is 5.75 Å². The van der Waals surface area contributed by atoms with Crippen molar-refractivity contribution >= 4 is 23.2 Å². The number of hydrogen-bond donors (Lipinski definition) is 1. The standard InChI is InChI=1S/C19H28N2O2S/c1-3-4-14-23-17-12-10-15(11-13-17)18(22)20-19(24)21(2)16-8-6-5-7-9-16/h10-13,16H,3-9,14H2,1-2H3,(H,20,22,24). The first-order valence-electron chi connectivity index (χ1n) is 8.93. The number of unbranched alkanes of at least 4 members (excludes halogenated alkanes) is 1. The lowest BCUT2D eigenvalue weighted by Gasteiger charge is -2.32. The SMILES string of the molecule is CCCCOc1ccc(C(=O)NC(=S)N(C)C2CCCCC2)cc1. The van der Waals surface area contributed by atoms with Gasteiger partial charge in [-0.3, -0.25) is 10.1 Å². The number of hydrogen-bond acceptors (Lipinski definition) is 3. The molecule has 0 spiro atoms. The molecule has 4 nitrogen and oxygen atoms in total. The zero-order chi connectivity index (χ0) is 17.4. The maximum absolute atomic E-state index is 12.3. The Bertz CT molecular complexity index is 539. The number of amides is 1. The summed E-state index contributed by atoms with van der Waals surface area (Å²) in [5.41, 5.74) is 0.595. The van der Waals surface area contributed by atoms with Gasteiger partial charge in [0.2, 0.25) is 0 Å². The molecule has 2 rings (SSSR count). The van der Waals surface area contributed by atoms with Crippen LogP contribution in [-0.2, 0) is 0 Å². The number of thiocarbonyl (C=S) groups is 1. The lowest BCUT2D eigenvalue weighted by atomic mass is 9.95. The minimum atomic E-state index is -0.164. The third-order valence-corrected chi connectivity index (χ3v) is 4.94. The lowest BCUT2D eigenvalue weighted by Crippen LogP contribution is -2.46. The summed E-state index contributed by atoms with van der Waals surface area (Å²) >= 11 is 5.40. The lowest BCUT2D eigenvalue weighted by molar-refractivity contribution is 0.0972. The molecular weight excluding hydrogens is 320 g/mol. The van der Waals surface area contributed by atoms with Gasteiger partial charge in [0.1, 0.15) is 5.75 Å². The highest BCUT2D eigenvalue weighted by molar-refractivity contribution is 7.80. The van der Waals surface area contributed by atoms with Crippen LogP contribution < -0.4 is 10.1 Å². The van der Waals surface area contributed by atoms with Crippen LogP contribution in [0.4, 0.5) is 0 Å². The van der Waals surface area contributed by atoms with E-state index in [0.717, 1.165) is 31.4 Å². The van der Waals surface area contributed by atoms with Gasteiger partial charge in [0.25, 0.3) is 5.91 Å². The predicted molar refractivity (Wildman–Crippen MR) is 102 cm³/mol. The zero-order valence-electron chi connectivity index (χ0n) is 14.7. The molecule has 1 saturated carbocycles. The van der Waals surface area contributed by atoms with Gasteiger partial charge in [-0.1, -0.05) is 32.6 Å². The second-order valence-electron chi connectivity index (χ2n) is 6.39. The van der Waals surface area contributed by atoms with Crippen molar-refractivity contribution < 1.29 is 9.53 Å². The fourth-order valence-electron chi connectivity index (χ4n) is 2.93. The third-order valence-electron chi connectivity index (χ3n) is 4.55. The van der Waals surface area contributed by atoms with E-state index in [0.29, 0.717) is 23.3 Å². The summed E-state index contributed by atoms with van der Waals surface area (Å²) in [6.07, 6.45) is 8.22. The van der Waals surface area contributed by atoms with Crippen LogP contribution in [0.25, 0.3) is 0 Å². The maximum Gasteiger partial charge on any atom is 0.257 e. The molecule has 132 valence electrons. The summed E-state index contributed by atoms with van der Waals surface area (Å²) in [6, 6.07) is 7.66. The molecule has 0 heterocycles. The van der Waals surface area contributed by atoms with Crippen LogP contribution >= 0.6 is 12.2 Å². The van der Waals surface area contributed by atoms with Crippen molar-refractivity contribution in [1.29, 1.82) is 0 Å². The average Bonchev–Trinajstić information content (AvgIpc) is 2.62. The van der Waals surface area contributed by atoms with Gasteiger partial charge in [-0.25, -0.2) is 0 Å². The van der Waals surface area contributed by atoms with Crippen LogP contribution in [0.1, 0.15) is 62.2 Å². The van der Waals surface area contributed by atoms with E-state index in [4.69, 9.17) is 17.0 Å². The number of nitrogens with one attached hydrogen (secondary N) is 1. The maximum atomic E-state index is 12.3. The topological polar surface area (TPSA) is 41.6 Å². The van der Waals surface area contributed by atoms with E-state index in [1.807, 2.05) is 24.1 Å². The smallest absolute Gasteiger partial charge is 0.257 e. The Morgan fingerprint density at radius 3 is 2.54 bits per heavy atom. The summed E-state index contributed by atoms with van der Waals surface area (Å²) in [4.78, 5) is 14.4. The fraction of sp³-hybridized carbons (Fsp3) is 0.579. The Hall–Kier alpha value is -1.62. The normalized spacial score (nSPS) is 14.9. The summed E-state index contributed by atoms with van der Waals surface area (Å²) < 4.78 is 5.61. The van der Waals surface area contributed by atoms with Gasteiger partial charge in [0.15, 0.2) is 5.11 Å². The van der Waals surface area contributed by atoms with Crippen molar-refractivity contribution in [2.75, 3.05) is 13.7 Å². The van der Waals surface area contributed by atoms with Crippen molar-refractivity contribution in [2.45, 2.75) is 57.9 Å². The predicted octanol–water partition coefficient (Wildman–Crippen LogP) is 4.14. The quantitative estimate of drug-likeness (QED) is 0.619. The van der Waals surface area contributed by atoms with Crippen LogP contribution in [0.3, 0.4) is 0 Å². The number of carbonyl (C=O) groups is 1. The molecule has 0 radical (unpaired) electrons. The van der Waals surface area contributed by atoms with Gasteiger partial charge in [0, 0.05) is 18.7 Å². The van der Waals surface area contributed by atoms with Gasteiger partial charge in [-0.2, -0.15) is 0 Å². The zero-order valence-corrected chi connectivity index (χ0v) is 15.5. The molecule has 1 aromatic carbocycles. The molecule has 5 heteroatoms. The molecule has 1 amide bonds. The Labute approximate surface area is 150 Å². The molecule has 1 N–H and O–H groups in total. The summed E-state index contributed by atoms with van der Waals surface area (Å²) in [7, 11) is 1.98. The number of benzene rings is 1. The van der Waals surface area contributed by atoms with Gasteiger partial charge in [0.05, 0.1) is 6.61 Å². The first-order valence-corrected chi connectivity index (χ1v) is 9.33. The van der Waals surface area contributed by atoms with Crippen LogP contribution in [0.2, 0.25) is 0 Å². The van der Waals surface area contributed by atoms with Gasteiger partial charge < -0.3 is 9.64 Å². The van der Waals surface area contributed by atoms with Crippen LogP contribution in [-0.4, -0.2) is 35.6 Å². The minimum Gasteiger partial charge on any atom is -0.494 e. The first-order chi connectivity index (χ1) is 11.6. The fourth-order valence-corrected chi connectivity index (χ4v) is 3.17. The Balaban J connectivity index is 1.85. The molecule has 0 unspecified atom stereocenters. The number of nitrogens with zero attached hydrogens (tertiary/aromatic N) is 1. The molecular formula is C19H28N2O2S. The molecule has 0 bridgehead atoms. The van der Waals surface area contributed by atoms with E-state index in [1.165, 1.54) is 19.3 Å². The highest BCUT2D eigenvalue weighted by Gasteiger charge is 2.21. The second kappa shape index (κ2) is 9.62. The van der Waals surface area contributed by atoms with Crippen LogP contribution in [0.15, 0.2) is 24.3 Å². The summed E-state index contributed by atoms with van der Waals surface area (Å²) in [5, 5.41) is 3.35. The molecule has 0 aliphatic heterocycles. The van der Waals surface area contributed by atoms with Gasteiger partial charge in [-0.15, -0.1) is 0 Å². The van der Waals surface area contributed by atoms with E-state index in [-0.39, 0.29) is 5.91 Å². The van der Waals surface area contributed by atoms with E-state index < -0.39 is 0 Å². The van der Waals surface area contributed by atoms with E-state index in [9.17, 15) is 4.79 Å². The largest absolute Gasteiger partial charge is 0.494 e. The second-order valence-corrected chi connectivity index (χ2v) is 6.78. The minimum absolute atomic E-state index is 0.164. The Kier molecular flexibility index (Phi) is 7.50. The molecule has 0 aromatic heterocycles. The molecule has 0 atom stereocenters. The van der Waals surface area contributed by atoms with Crippen LogP contribution in [0.5, 0.6) is 5.75 Å². The van der Waals surface area contributed by atoms with Crippen LogP contribution in [0, 0.1) is 0 Å². The molecule has 1 aliphatic carbocycles. The highest BCUT2D eigenvalue weighted by Crippen LogP contribution is 2.21. The molecule has 1 aromatic rings. The highest BCUT2D eigenvalue weighted by atomic mass is 32.1. The molecule has 1 aliphatic rings. The van der Waals surface area contributed by atoms with Crippen molar-refractivity contribution in [3.63, 3.8) is 0 Å². The van der Waals surface area contributed by atoms with Gasteiger partial charge in [-0.05, 0) is 55.7 Å². The summed E-state index contributed by atoms with van der Waals surface area (Å²) in [5.74, 6) is 0.629. The summed E-state index contributed by atoms with van der Waals surface area (Å²) in [6.45, 7) is 2.84. The van der Waals surface area contributed by atoms with E-state index in [2.05, 4.69) is 12.2 Å². The van der Waals surface area contributed by atoms with Crippen molar-refractivity contribution in [3.05, 3.63) is 29.8 Å². The number of carbonyl (C=O) groups excluding carboxylic acids is 1. The van der Waals surface area contributed by atoms with E-state index in [1.54, 1.807) is 12.1 Å². The molecule has 1 fully saturated rings. The number of ether oxygens (including phenoxy) is 1. The molecule has 0 saturated heterocycles. The first kappa shape index (κ1) is 18.7. The van der Waals surface area contributed by atoms with E-state index >= 15 is 0 Å². The average molecular weight is 349 g/mol. The monoisotopic (exact) mass is 348 g/mol. The van der Waals surface area contributed by atoms with Crippen molar-refractivity contribution in [1.82, 2.24) is 10.2 Å². The van der Waals surface area contributed by atoms with Crippen molar-refractivity contribution in [2.24, 2.45) is 0 Å². The Morgan fingerprint density at radius 2 is 1.92 bits per heavy atom. The Morgan fingerprint density at radius 1 is 1.25 bits per heavy atom. The molecule has 24 heavy (non-hydrogen) atoms. The van der Waals surface area contributed by atoms with Gasteiger partial charge >= 0.3 is 0 Å². The number of rotatable bonds is 6.